The van der Waals surface area contributed by atoms with Crippen LogP contribution < -0.4 is 4.74 Å². The normalized spacial score (nSPS) is 11.1. The molecule has 1 N–H and O–H groups in total. The van der Waals surface area contributed by atoms with Gasteiger partial charge in [0.25, 0.3) is 0 Å². The minimum absolute atomic E-state index is 0.323. The first-order chi connectivity index (χ1) is 11.7. The first-order valence-corrected chi connectivity index (χ1v) is 7.79. The van der Waals surface area contributed by atoms with Gasteiger partial charge in [-0.3, -0.25) is 0 Å². The van der Waals surface area contributed by atoms with Gasteiger partial charge in [0.1, 0.15) is 11.6 Å². The Morgan fingerprint density at radius 1 is 1.29 bits per heavy atom. The zero-order chi connectivity index (χ0) is 16.9. The molecule has 0 unspecified atom stereocenters. The van der Waals surface area contributed by atoms with Crippen LogP contribution in [0.3, 0.4) is 0 Å². The number of para-hydroxylation sites is 1. The minimum atomic E-state index is -0.323. The number of aromatic nitrogens is 3. The Morgan fingerprint density at radius 3 is 2.92 bits per heavy atom. The zero-order valence-electron chi connectivity index (χ0n) is 12.9. The van der Waals surface area contributed by atoms with Crippen molar-refractivity contribution in [3.05, 3.63) is 64.7 Å². The predicted molar refractivity (Wildman–Crippen MR) is 93.4 cm³/mol. The standard InChI is InChI=1S/C17H15FN4OS/c1-2-23-15-9-4-3-8-14(15)16-20-21-17(24)22(16)19-11-12-6-5-7-13(18)10-12/h3-11H,2H2,1H3,(H,21,24)/b19-11-. The van der Waals surface area contributed by atoms with Crippen LogP contribution in [0.2, 0.25) is 0 Å². The number of rotatable bonds is 5. The summed E-state index contributed by atoms with van der Waals surface area (Å²) in [5.41, 5.74) is 1.39. The molecule has 1 heterocycles. The Kier molecular flexibility index (Phi) is 4.81. The number of nitrogens with one attached hydrogen (secondary N) is 1. The third-order valence-electron chi connectivity index (χ3n) is 3.25. The van der Waals surface area contributed by atoms with E-state index in [1.807, 2.05) is 31.2 Å². The van der Waals surface area contributed by atoms with Gasteiger partial charge in [0.05, 0.1) is 18.4 Å². The van der Waals surface area contributed by atoms with Gasteiger partial charge in [-0.25, -0.2) is 9.49 Å². The number of halogens is 1. The number of hydrogen-bond donors (Lipinski definition) is 1. The molecule has 0 spiro atoms. The van der Waals surface area contributed by atoms with Gasteiger partial charge in [-0.15, -0.1) is 0 Å². The van der Waals surface area contributed by atoms with Crippen LogP contribution >= 0.6 is 12.2 Å². The Hall–Kier alpha value is -2.80. The van der Waals surface area contributed by atoms with Crippen molar-refractivity contribution >= 4 is 18.4 Å². The quantitative estimate of drug-likeness (QED) is 0.563. The van der Waals surface area contributed by atoms with Gasteiger partial charge < -0.3 is 4.74 Å². The molecule has 1 aromatic heterocycles. The second kappa shape index (κ2) is 7.18. The fraction of sp³-hybridized carbons (Fsp3) is 0.118. The summed E-state index contributed by atoms with van der Waals surface area (Å²) in [6.07, 6.45) is 1.53. The number of aromatic amines is 1. The van der Waals surface area contributed by atoms with Gasteiger partial charge in [0.15, 0.2) is 5.82 Å². The largest absolute Gasteiger partial charge is 0.493 e. The Morgan fingerprint density at radius 2 is 2.12 bits per heavy atom. The molecule has 0 amide bonds. The molecule has 24 heavy (non-hydrogen) atoms. The van der Waals surface area contributed by atoms with Crippen LogP contribution in [0.15, 0.2) is 53.6 Å². The van der Waals surface area contributed by atoms with E-state index < -0.39 is 0 Å². The summed E-state index contributed by atoms with van der Waals surface area (Å²) in [5.74, 6) is 0.893. The minimum Gasteiger partial charge on any atom is -0.493 e. The van der Waals surface area contributed by atoms with Gasteiger partial charge in [-0.1, -0.05) is 24.3 Å². The molecule has 0 aliphatic heterocycles. The first kappa shape index (κ1) is 16.1. The highest BCUT2D eigenvalue weighted by Gasteiger charge is 2.13. The van der Waals surface area contributed by atoms with Crippen LogP contribution in [0.25, 0.3) is 11.4 Å². The summed E-state index contributed by atoms with van der Waals surface area (Å²) in [4.78, 5) is 0. The molecule has 0 aliphatic rings. The van der Waals surface area contributed by atoms with Crippen LogP contribution in [-0.2, 0) is 0 Å². The zero-order valence-corrected chi connectivity index (χ0v) is 13.8. The van der Waals surface area contributed by atoms with Gasteiger partial charge in [0, 0.05) is 0 Å². The van der Waals surface area contributed by atoms with Crippen molar-refractivity contribution in [3.63, 3.8) is 0 Å². The molecule has 3 aromatic rings. The molecule has 3 rings (SSSR count). The van der Waals surface area contributed by atoms with Crippen molar-refractivity contribution in [1.29, 1.82) is 0 Å². The molecular formula is C17H15FN4OS. The van der Waals surface area contributed by atoms with E-state index in [0.29, 0.717) is 28.5 Å². The number of H-pyrrole nitrogens is 1. The van der Waals surface area contributed by atoms with Crippen molar-refractivity contribution < 1.29 is 9.13 Å². The maximum atomic E-state index is 13.3. The third kappa shape index (κ3) is 3.41. The summed E-state index contributed by atoms with van der Waals surface area (Å²) in [6.45, 7) is 2.45. The summed E-state index contributed by atoms with van der Waals surface area (Å²) in [6, 6.07) is 13.7. The third-order valence-corrected chi connectivity index (χ3v) is 3.51. The SMILES string of the molecule is CCOc1ccccc1-c1n[nH]c(=S)n1/N=C\c1cccc(F)c1. The average molecular weight is 342 g/mol. The van der Waals surface area contributed by atoms with Crippen molar-refractivity contribution in [2.75, 3.05) is 6.61 Å². The van der Waals surface area contributed by atoms with Gasteiger partial charge in [-0.05, 0) is 49.0 Å². The topological polar surface area (TPSA) is 55.2 Å². The number of nitrogens with zero attached hydrogens (tertiary/aromatic N) is 3. The lowest BCUT2D eigenvalue weighted by molar-refractivity contribution is 0.341. The summed E-state index contributed by atoms with van der Waals surface area (Å²) < 4.78 is 20.7. The molecule has 0 bridgehead atoms. The molecule has 0 fully saturated rings. The van der Waals surface area contributed by atoms with Gasteiger partial charge in [0.2, 0.25) is 4.77 Å². The molecule has 122 valence electrons. The van der Waals surface area contributed by atoms with Crippen LogP contribution in [-0.4, -0.2) is 27.7 Å². The van der Waals surface area contributed by atoms with E-state index in [-0.39, 0.29) is 5.82 Å². The van der Waals surface area contributed by atoms with E-state index in [1.54, 1.807) is 12.1 Å². The van der Waals surface area contributed by atoms with E-state index in [1.165, 1.54) is 23.0 Å². The highest BCUT2D eigenvalue weighted by atomic mass is 32.1. The van der Waals surface area contributed by atoms with Crippen molar-refractivity contribution in [1.82, 2.24) is 14.9 Å². The Bertz CT molecular complexity index is 932. The van der Waals surface area contributed by atoms with E-state index >= 15 is 0 Å². The molecule has 0 aliphatic carbocycles. The van der Waals surface area contributed by atoms with Crippen molar-refractivity contribution in [2.24, 2.45) is 5.10 Å². The fourth-order valence-corrected chi connectivity index (χ4v) is 2.40. The smallest absolute Gasteiger partial charge is 0.216 e. The summed E-state index contributed by atoms with van der Waals surface area (Å²) in [5, 5.41) is 11.3. The highest BCUT2D eigenvalue weighted by Crippen LogP contribution is 2.28. The van der Waals surface area contributed by atoms with E-state index in [0.717, 1.165) is 5.56 Å². The summed E-state index contributed by atoms with van der Waals surface area (Å²) >= 11 is 5.24. The highest BCUT2D eigenvalue weighted by molar-refractivity contribution is 7.71. The maximum Gasteiger partial charge on any atom is 0.216 e. The molecule has 2 aromatic carbocycles. The van der Waals surface area contributed by atoms with Crippen molar-refractivity contribution in [2.45, 2.75) is 6.92 Å². The number of ether oxygens (including phenoxy) is 1. The van der Waals surface area contributed by atoms with Crippen LogP contribution in [0, 0.1) is 10.6 Å². The fourth-order valence-electron chi connectivity index (χ4n) is 2.22. The Balaban J connectivity index is 2.03. The average Bonchev–Trinajstić information content (AvgIpc) is 2.94. The molecule has 5 nitrogen and oxygen atoms in total. The van der Waals surface area contributed by atoms with Crippen molar-refractivity contribution in [3.8, 4) is 17.1 Å². The second-order valence-corrected chi connectivity index (χ2v) is 5.28. The number of benzene rings is 2. The molecule has 0 saturated heterocycles. The van der Waals surface area contributed by atoms with E-state index in [2.05, 4.69) is 15.3 Å². The molecule has 0 radical (unpaired) electrons. The van der Waals surface area contributed by atoms with Gasteiger partial charge >= 0.3 is 0 Å². The lowest BCUT2D eigenvalue weighted by Crippen LogP contribution is -1.99. The van der Waals surface area contributed by atoms with E-state index in [4.69, 9.17) is 17.0 Å². The maximum absolute atomic E-state index is 13.3. The molecule has 7 heteroatoms. The van der Waals surface area contributed by atoms with Crippen LogP contribution in [0.4, 0.5) is 4.39 Å². The lowest BCUT2D eigenvalue weighted by Gasteiger charge is -2.08. The summed E-state index contributed by atoms with van der Waals surface area (Å²) in [7, 11) is 0. The lowest BCUT2D eigenvalue weighted by atomic mass is 10.2. The molecule has 0 saturated carbocycles. The number of hydrogen-bond acceptors (Lipinski definition) is 4. The monoisotopic (exact) mass is 342 g/mol. The first-order valence-electron chi connectivity index (χ1n) is 7.38. The predicted octanol–water partition coefficient (Wildman–Crippen LogP) is 4.03. The van der Waals surface area contributed by atoms with Crippen LogP contribution in [0.5, 0.6) is 5.75 Å². The van der Waals surface area contributed by atoms with Gasteiger partial charge in [-0.2, -0.15) is 14.9 Å². The molecular weight excluding hydrogens is 327 g/mol. The van der Waals surface area contributed by atoms with Crippen LogP contribution in [0.1, 0.15) is 12.5 Å². The van der Waals surface area contributed by atoms with E-state index in [9.17, 15) is 4.39 Å². The molecule has 0 atom stereocenters. The second-order valence-electron chi connectivity index (χ2n) is 4.89. The Labute approximate surface area is 143 Å².